The predicted octanol–water partition coefficient (Wildman–Crippen LogP) is 4.02. The zero-order valence-corrected chi connectivity index (χ0v) is 16.2. The highest BCUT2D eigenvalue weighted by molar-refractivity contribution is 7.91. The van der Waals surface area contributed by atoms with Crippen molar-refractivity contribution in [3.63, 3.8) is 0 Å². The van der Waals surface area contributed by atoms with Crippen molar-refractivity contribution >= 4 is 27.1 Å². The van der Waals surface area contributed by atoms with Gasteiger partial charge in [0.25, 0.3) is 0 Å². The molecule has 1 aromatic carbocycles. The standard InChI is InChI=1S/C19H22FNO3S2/c1-13-11-15(8-9-16(13)20)26(23,24)18(17-7-4-10-25-17)12-21-19(22)14-5-2-3-6-14/h4,7-11,14,18H,2-3,5-6,12H2,1H3,(H,21,22). The summed E-state index contributed by atoms with van der Waals surface area (Å²) in [5, 5.41) is 3.76. The van der Waals surface area contributed by atoms with Crippen LogP contribution in [0, 0.1) is 18.7 Å². The second-order valence-corrected chi connectivity index (χ2v) is 9.80. The summed E-state index contributed by atoms with van der Waals surface area (Å²) >= 11 is 1.34. The molecule has 1 saturated carbocycles. The molecule has 1 N–H and O–H groups in total. The smallest absolute Gasteiger partial charge is 0.223 e. The number of hydrogen-bond acceptors (Lipinski definition) is 4. The molecule has 0 spiro atoms. The number of rotatable bonds is 6. The van der Waals surface area contributed by atoms with E-state index < -0.39 is 20.9 Å². The third-order valence-corrected chi connectivity index (χ3v) is 8.10. The second kappa shape index (κ2) is 7.88. The Hall–Kier alpha value is -1.73. The number of carbonyl (C=O) groups is 1. The summed E-state index contributed by atoms with van der Waals surface area (Å²) in [7, 11) is -3.75. The first-order chi connectivity index (χ1) is 12.4. The summed E-state index contributed by atoms with van der Waals surface area (Å²) in [5.74, 6) is -0.532. The fourth-order valence-electron chi connectivity index (χ4n) is 3.32. The number of carbonyl (C=O) groups excluding carboxylic acids is 1. The van der Waals surface area contributed by atoms with Crippen molar-refractivity contribution in [2.45, 2.75) is 42.8 Å². The topological polar surface area (TPSA) is 63.2 Å². The molecule has 1 aliphatic rings. The summed E-state index contributed by atoms with van der Waals surface area (Å²) in [6, 6.07) is 7.36. The fourth-order valence-corrected chi connectivity index (χ4v) is 6.19. The molecule has 1 fully saturated rings. The molecule has 2 aromatic rings. The van der Waals surface area contributed by atoms with Crippen LogP contribution in [0.1, 0.15) is 41.4 Å². The quantitative estimate of drug-likeness (QED) is 0.752. The van der Waals surface area contributed by atoms with E-state index in [0.29, 0.717) is 4.88 Å². The van der Waals surface area contributed by atoms with E-state index in [1.54, 1.807) is 12.1 Å². The van der Waals surface area contributed by atoms with Crippen LogP contribution in [-0.2, 0) is 14.6 Å². The van der Waals surface area contributed by atoms with E-state index in [4.69, 9.17) is 0 Å². The molecule has 0 radical (unpaired) electrons. The Morgan fingerprint density at radius 3 is 2.65 bits per heavy atom. The second-order valence-electron chi connectivity index (χ2n) is 6.69. The first-order valence-electron chi connectivity index (χ1n) is 8.71. The Kier molecular flexibility index (Phi) is 5.77. The Morgan fingerprint density at radius 1 is 1.31 bits per heavy atom. The van der Waals surface area contributed by atoms with Gasteiger partial charge < -0.3 is 5.32 Å². The van der Waals surface area contributed by atoms with Gasteiger partial charge in [-0.25, -0.2) is 12.8 Å². The first-order valence-corrected chi connectivity index (χ1v) is 11.1. The molecule has 1 unspecified atom stereocenters. The predicted molar refractivity (Wildman–Crippen MR) is 100 cm³/mol. The molecule has 1 heterocycles. The van der Waals surface area contributed by atoms with Gasteiger partial charge in [0.05, 0.1) is 4.90 Å². The van der Waals surface area contributed by atoms with Crippen LogP contribution in [0.15, 0.2) is 40.6 Å². The summed E-state index contributed by atoms with van der Waals surface area (Å²) < 4.78 is 39.9. The van der Waals surface area contributed by atoms with Gasteiger partial charge >= 0.3 is 0 Å². The van der Waals surface area contributed by atoms with Gasteiger partial charge in [-0.15, -0.1) is 11.3 Å². The third kappa shape index (κ3) is 3.99. The zero-order valence-electron chi connectivity index (χ0n) is 14.6. The lowest BCUT2D eigenvalue weighted by molar-refractivity contribution is -0.124. The lowest BCUT2D eigenvalue weighted by Crippen LogP contribution is -2.35. The summed E-state index contributed by atoms with van der Waals surface area (Å²) in [6.07, 6.45) is 3.80. The van der Waals surface area contributed by atoms with Gasteiger partial charge in [-0.2, -0.15) is 0 Å². The molecular formula is C19H22FNO3S2. The number of nitrogens with one attached hydrogen (secondary N) is 1. The van der Waals surface area contributed by atoms with Crippen molar-refractivity contribution in [1.29, 1.82) is 0 Å². The van der Waals surface area contributed by atoms with Crippen LogP contribution < -0.4 is 5.32 Å². The molecule has 140 valence electrons. The number of hydrogen-bond donors (Lipinski definition) is 1. The van der Waals surface area contributed by atoms with Gasteiger partial charge in [0.2, 0.25) is 5.91 Å². The maximum absolute atomic E-state index is 13.5. The molecule has 1 aliphatic carbocycles. The normalized spacial score (nSPS) is 16.5. The van der Waals surface area contributed by atoms with Gasteiger partial charge in [0.1, 0.15) is 11.1 Å². The van der Waals surface area contributed by atoms with E-state index >= 15 is 0 Å². The Balaban J connectivity index is 1.85. The molecule has 0 bridgehead atoms. The molecule has 1 amide bonds. The van der Waals surface area contributed by atoms with Gasteiger partial charge in [-0.3, -0.25) is 4.79 Å². The largest absolute Gasteiger partial charge is 0.354 e. The van der Waals surface area contributed by atoms with Gasteiger partial charge in [0, 0.05) is 17.3 Å². The van der Waals surface area contributed by atoms with E-state index in [2.05, 4.69) is 5.32 Å². The number of benzene rings is 1. The lowest BCUT2D eigenvalue weighted by atomic mass is 10.1. The van der Waals surface area contributed by atoms with E-state index in [0.717, 1.165) is 25.7 Å². The summed E-state index contributed by atoms with van der Waals surface area (Å²) in [6.45, 7) is 1.56. The highest BCUT2D eigenvalue weighted by Gasteiger charge is 2.32. The van der Waals surface area contributed by atoms with Crippen LogP contribution in [0.4, 0.5) is 4.39 Å². The molecule has 26 heavy (non-hydrogen) atoms. The average molecular weight is 396 g/mol. The number of sulfone groups is 1. The molecule has 7 heteroatoms. The minimum atomic E-state index is -3.75. The fraction of sp³-hybridized carbons (Fsp3) is 0.421. The Morgan fingerprint density at radius 2 is 2.04 bits per heavy atom. The van der Waals surface area contributed by atoms with Gasteiger partial charge in [-0.1, -0.05) is 18.9 Å². The minimum Gasteiger partial charge on any atom is -0.354 e. The van der Waals surface area contributed by atoms with Gasteiger partial charge in [0.15, 0.2) is 9.84 Å². The van der Waals surface area contributed by atoms with E-state index in [1.807, 2.05) is 5.38 Å². The van der Waals surface area contributed by atoms with Crippen LogP contribution in [0.5, 0.6) is 0 Å². The monoisotopic (exact) mass is 395 g/mol. The van der Waals surface area contributed by atoms with Crippen molar-refractivity contribution in [3.8, 4) is 0 Å². The average Bonchev–Trinajstić information content (AvgIpc) is 3.30. The third-order valence-electron chi connectivity index (χ3n) is 4.88. The first kappa shape index (κ1) is 19.0. The Labute approximate surface area is 157 Å². The van der Waals surface area contributed by atoms with Crippen LogP contribution in [0.2, 0.25) is 0 Å². The molecule has 3 rings (SSSR count). The van der Waals surface area contributed by atoms with Crippen molar-refractivity contribution in [2.75, 3.05) is 6.54 Å². The van der Waals surface area contributed by atoms with E-state index in [1.165, 1.54) is 36.5 Å². The maximum Gasteiger partial charge on any atom is 0.223 e. The molecule has 4 nitrogen and oxygen atoms in total. The SMILES string of the molecule is Cc1cc(S(=O)(=O)C(CNC(=O)C2CCCC2)c2cccs2)ccc1F. The highest BCUT2D eigenvalue weighted by Crippen LogP contribution is 2.32. The van der Waals surface area contributed by atoms with E-state index in [9.17, 15) is 17.6 Å². The van der Waals surface area contributed by atoms with Crippen LogP contribution in [0.3, 0.4) is 0 Å². The molecular weight excluding hydrogens is 373 g/mol. The number of amides is 1. The number of thiophene rings is 1. The number of halogens is 1. The van der Waals surface area contributed by atoms with Crippen LogP contribution in [-0.4, -0.2) is 20.9 Å². The summed E-state index contributed by atoms with van der Waals surface area (Å²) in [5.41, 5.74) is 0.283. The van der Waals surface area contributed by atoms with E-state index in [-0.39, 0.29) is 28.8 Å². The number of aryl methyl sites for hydroxylation is 1. The van der Waals surface area contributed by atoms with Crippen molar-refractivity contribution in [2.24, 2.45) is 5.92 Å². The molecule has 1 atom stereocenters. The van der Waals surface area contributed by atoms with Crippen LogP contribution >= 0.6 is 11.3 Å². The van der Waals surface area contributed by atoms with Crippen molar-refractivity contribution in [1.82, 2.24) is 5.32 Å². The van der Waals surface area contributed by atoms with Crippen LogP contribution in [0.25, 0.3) is 0 Å². The van der Waals surface area contributed by atoms with Crippen molar-refractivity contribution in [3.05, 3.63) is 52.0 Å². The summed E-state index contributed by atoms with van der Waals surface area (Å²) in [4.78, 5) is 13.1. The van der Waals surface area contributed by atoms with Gasteiger partial charge in [-0.05, 0) is 55.0 Å². The molecule has 0 saturated heterocycles. The molecule has 1 aromatic heterocycles. The van der Waals surface area contributed by atoms with Crippen molar-refractivity contribution < 1.29 is 17.6 Å². The zero-order chi connectivity index (χ0) is 18.7. The lowest BCUT2D eigenvalue weighted by Gasteiger charge is -2.19. The minimum absolute atomic E-state index is 0.0187. The molecule has 0 aliphatic heterocycles. The highest BCUT2D eigenvalue weighted by atomic mass is 32.2. The Bertz CT molecular complexity index is 872. The maximum atomic E-state index is 13.5.